The van der Waals surface area contributed by atoms with Crippen LogP contribution in [0.4, 0.5) is 0 Å². The highest BCUT2D eigenvalue weighted by Gasteiger charge is 2.38. The Kier molecular flexibility index (Phi) is 5.04. The van der Waals surface area contributed by atoms with Crippen LogP contribution in [0.5, 0.6) is 0 Å². The van der Waals surface area contributed by atoms with Crippen LogP contribution in [0.3, 0.4) is 0 Å². The lowest BCUT2D eigenvalue weighted by Crippen LogP contribution is -2.44. The van der Waals surface area contributed by atoms with Gasteiger partial charge in [-0.05, 0) is 51.5 Å². The minimum absolute atomic E-state index is 0.381. The van der Waals surface area contributed by atoms with Gasteiger partial charge in [0.15, 0.2) is 0 Å². The zero-order valence-corrected chi connectivity index (χ0v) is 12.0. The Morgan fingerprint density at radius 1 is 1.11 bits per heavy atom. The minimum Gasteiger partial charge on any atom is -0.337 e. The van der Waals surface area contributed by atoms with Crippen LogP contribution in [-0.4, -0.2) is 36.5 Å². The summed E-state index contributed by atoms with van der Waals surface area (Å²) in [6, 6.07) is 1.13. The van der Waals surface area contributed by atoms with Crippen molar-refractivity contribution in [1.82, 2.24) is 10.2 Å². The molecule has 2 rings (SSSR count). The number of amides is 1. The molecule has 0 aromatic rings. The Labute approximate surface area is 111 Å². The molecule has 104 valence electrons. The topological polar surface area (TPSA) is 32.3 Å². The molecule has 0 aromatic heterocycles. The molecule has 0 aromatic carbocycles. The van der Waals surface area contributed by atoms with Gasteiger partial charge in [0.2, 0.25) is 5.91 Å². The van der Waals surface area contributed by atoms with Crippen molar-refractivity contribution in [2.45, 2.75) is 70.4 Å². The quantitative estimate of drug-likeness (QED) is 0.788. The largest absolute Gasteiger partial charge is 0.337 e. The van der Waals surface area contributed by atoms with E-state index in [0.29, 0.717) is 24.4 Å². The third kappa shape index (κ3) is 3.47. The molecule has 1 amide bonds. The van der Waals surface area contributed by atoms with Crippen molar-refractivity contribution in [3.05, 3.63) is 0 Å². The summed E-state index contributed by atoms with van der Waals surface area (Å²) in [5.41, 5.74) is 0. The van der Waals surface area contributed by atoms with Crippen LogP contribution in [0.25, 0.3) is 0 Å². The average Bonchev–Trinajstić information content (AvgIpc) is 3.22. The number of carbonyl (C=O) groups excluding carboxylic acids is 1. The first kappa shape index (κ1) is 13.9. The third-order valence-electron chi connectivity index (χ3n) is 4.60. The molecule has 0 spiro atoms. The molecule has 3 heteroatoms. The molecule has 0 saturated heterocycles. The monoisotopic (exact) mass is 252 g/mol. The Bertz CT molecular complexity index is 268. The van der Waals surface area contributed by atoms with Crippen molar-refractivity contribution in [1.29, 1.82) is 0 Å². The van der Waals surface area contributed by atoms with Crippen molar-refractivity contribution in [2.24, 2.45) is 5.92 Å². The van der Waals surface area contributed by atoms with E-state index in [1.54, 1.807) is 0 Å². The van der Waals surface area contributed by atoms with E-state index in [-0.39, 0.29) is 0 Å². The van der Waals surface area contributed by atoms with Gasteiger partial charge in [-0.15, -0.1) is 0 Å². The van der Waals surface area contributed by atoms with Gasteiger partial charge >= 0.3 is 0 Å². The van der Waals surface area contributed by atoms with Crippen molar-refractivity contribution in [3.8, 4) is 0 Å². The summed E-state index contributed by atoms with van der Waals surface area (Å²) in [6.07, 6.45) is 9.57. The van der Waals surface area contributed by atoms with Gasteiger partial charge in [-0.3, -0.25) is 4.79 Å². The fourth-order valence-corrected chi connectivity index (χ4v) is 3.25. The molecule has 0 atom stereocenters. The van der Waals surface area contributed by atoms with Gasteiger partial charge in [0, 0.05) is 25.0 Å². The van der Waals surface area contributed by atoms with E-state index in [2.05, 4.69) is 17.1 Å². The minimum atomic E-state index is 0.381. The molecule has 2 aliphatic rings. The van der Waals surface area contributed by atoms with Crippen molar-refractivity contribution >= 4 is 5.91 Å². The normalized spacial score (nSPS) is 28.1. The number of nitrogens with zero attached hydrogens (tertiary/aromatic N) is 1. The smallest absolute Gasteiger partial charge is 0.224 e. The zero-order valence-electron chi connectivity index (χ0n) is 12.0. The highest BCUT2D eigenvalue weighted by atomic mass is 16.2. The molecule has 0 radical (unpaired) electrons. The summed E-state index contributed by atoms with van der Waals surface area (Å²) in [7, 11) is 1.92. The molecular weight excluding hydrogens is 224 g/mol. The van der Waals surface area contributed by atoms with E-state index >= 15 is 0 Å². The summed E-state index contributed by atoms with van der Waals surface area (Å²) in [6.45, 7) is 3.11. The maximum Gasteiger partial charge on any atom is 0.224 e. The molecule has 1 N–H and O–H groups in total. The second-order valence-electron chi connectivity index (χ2n) is 5.97. The van der Waals surface area contributed by atoms with Crippen LogP contribution >= 0.6 is 0 Å². The van der Waals surface area contributed by atoms with E-state index < -0.39 is 0 Å². The maximum atomic E-state index is 12.3. The van der Waals surface area contributed by atoms with Crippen LogP contribution in [0, 0.1) is 5.92 Å². The number of carbonyl (C=O) groups is 1. The summed E-state index contributed by atoms with van der Waals surface area (Å²) in [5.74, 6) is 1.29. The van der Waals surface area contributed by atoms with Crippen LogP contribution in [0.1, 0.15) is 58.3 Å². The number of rotatable bonds is 6. The first-order valence-corrected chi connectivity index (χ1v) is 7.72. The Balaban J connectivity index is 1.88. The molecule has 3 nitrogen and oxygen atoms in total. The Morgan fingerprint density at radius 2 is 1.67 bits per heavy atom. The Morgan fingerprint density at radius 3 is 2.11 bits per heavy atom. The lowest BCUT2D eigenvalue weighted by Gasteiger charge is -2.37. The fourth-order valence-electron chi connectivity index (χ4n) is 3.25. The summed E-state index contributed by atoms with van der Waals surface area (Å²) in [5, 5.41) is 3.08. The predicted octanol–water partition coefficient (Wildman–Crippen LogP) is 2.56. The standard InChI is InChI=1S/C15H28N2O/c1-3-12-4-6-13(7-5-12)17(14-8-9-14)15(18)10-11-16-2/h12-14,16H,3-11H2,1-2H3. The SMILES string of the molecule is CCC1CCC(N(C(=O)CCNC)C2CC2)CC1. The Hall–Kier alpha value is -0.570. The number of hydrogen-bond donors (Lipinski definition) is 1. The maximum absolute atomic E-state index is 12.3. The molecule has 18 heavy (non-hydrogen) atoms. The van der Waals surface area contributed by atoms with Crippen LogP contribution in [-0.2, 0) is 4.79 Å². The van der Waals surface area contributed by atoms with Gasteiger partial charge in [0.05, 0.1) is 0 Å². The lowest BCUT2D eigenvalue weighted by molar-refractivity contribution is -0.135. The second kappa shape index (κ2) is 6.55. The van der Waals surface area contributed by atoms with E-state index in [9.17, 15) is 4.79 Å². The van der Waals surface area contributed by atoms with Crippen LogP contribution < -0.4 is 5.32 Å². The van der Waals surface area contributed by atoms with Gasteiger partial charge in [0.1, 0.15) is 0 Å². The molecule has 0 aliphatic heterocycles. The van der Waals surface area contributed by atoms with E-state index in [1.807, 2.05) is 7.05 Å². The predicted molar refractivity (Wildman–Crippen MR) is 74.4 cm³/mol. The molecule has 2 saturated carbocycles. The highest BCUT2D eigenvalue weighted by molar-refractivity contribution is 5.77. The van der Waals surface area contributed by atoms with Crippen LogP contribution in [0.2, 0.25) is 0 Å². The molecule has 0 bridgehead atoms. The third-order valence-corrected chi connectivity index (χ3v) is 4.60. The van der Waals surface area contributed by atoms with E-state index in [4.69, 9.17) is 0 Å². The average molecular weight is 252 g/mol. The number of nitrogens with one attached hydrogen (secondary N) is 1. The summed E-state index contributed by atoms with van der Waals surface area (Å²) >= 11 is 0. The van der Waals surface area contributed by atoms with E-state index in [0.717, 1.165) is 12.5 Å². The zero-order chi connectivity index (χ0) is 13.0. The van der Waals surface area contributed by atoms with Gasteiger partial charge in [0.25, 0.3) is 0 Å². The van der Waals surface area contributed by atoms with Crippen LogP contribution in [0.15, 0.2) is 0 Å². The van der Waals surface area contributed by atoms with Crippen molar-refractivity contribution < 1.29 is 4.79 Å². The van der Waals surface area contributed by atoms with Gasteiger partial charge in [-0.2, -0.15) is 0 Å². The molecule has 2 aliphatic carbocycles. The summed E-state index contributed by atoms with van der Waals surface area (Å²) in [4.78, 5) is 14.6. The molecule has 0 unspecified atom stereocenters. The second-order valence-corrected chi connectivity index (χ2v) is 5.97. The van der Waals surface area contributed by atoms with E-state index in [1.165, 1.54) is 44.9 Å². The van der Waals surface area contributed by atoms with Gasteiger partial charge in [-0.25, -0.2) is 0 Å². The first-order chi connectivity index (χ1) is 8.76. The van der Waals surface area contributed by atoms with Crippen molar-refractivity contribution in [3.63, 3.8) is 0 Å². The van der Waals surface area contributed by atoms with Gasteiger partial charge < -0.3 is 10.2 Å². The summed E-state index contributed by atoms with van der Waals surface area (Å²) < 4.78 is 0. The highest BCUT2D eigenvalue weighted by Crippen LogP contribution is 2.36. The molecule has 0 heterocycles. The van der Waals surface area contributed by atoms with Gasteiger partial charge in [-0.1, -0.05) is 13.3 Å². The molecule has 2 fully saturated rings. The fraction of sp³-hybridized carbons (Fsp3) is 0.933. The first-order valence-electron chi connectivity index (χ1n) is 7.72. The van der Waals surface area contributed by atoms with Crippen molar-refractivity contribution in [2.75, 3.05) is 13.6 Å². The molecular formula is C15H28N2O. The lowest BCUT2D eigenvalue weighted by atomic mass is 9.83. The number of hydrogen-bond acceptors (Lipinski definition) is 2.